The molecule has 1 heterocycles. The molecule has 1 aliphatic carbocycles. The van der Waals surface area contributed by atoms with E-state index < -0.39 is 10.0 Å². The van der Waals surface area contributed by atoms with Gasteiger partial charge in [0, 0.05) is 36.9 Å². The zero-order valence-electron chi connectivity index (χ0n) is 16.0. The Morgan fingerprint density at radius 1 is 1.10 bits per heavy atom. The smallest absolute Gasteiger partial charge is 0.251 e. The van der Waals surface area contributed by atoms with Gasteiger partial charge in [-0.25, -0.2) is 17.5 Å². The minimum atomic E-state index is -3.59. The Labute approximate surface area is 170 Å². The number of anilines is 1. The number of hydrogen-bond acceptors (Lipinski definition) is 4. The van der Waals surface area contributed by atoms with Crippen LogP contribution in [0.2, 0.25) is 0 Å². The minimum Gasteiger partial charge on any atom is -0.371 e. The number of nitrogens with zero attached hydrogens (tertiary/aromatic N) is 1. The number of sulfonamides is 1. The van der Waals surface area contributed by atoms with Crippen LogP contribution >= 0.6 is 0 Å². The summed E-state index contributed by atoms with van der Waals surface area (Å²) in [5.41, 5.74) is 1.30. The lowest BCUT2D eigenvalue weighted by Crippen LogP contribution is -2.31. The Morgan fingerprint density at radius 2 is 1.86 bits per heavy atom. The van der Waals surface area contributed by atoms with Crippen molar-refractivity contribution in [2.45, 2.75) is 30.2 Å². The molecule has 4 rings (SSSR count). The fraction of sp³-hybridized carbons (Fsp3) is 0.381. The summed E-state index contributed by atoms with van der Waals surface area (Å²) < 4.78 is 40.4. The zero-order valence-corrected chi connectivity index (χ0v) is 16.8. The van der Waals surface area contributed by atoms with Gasteiger partial charge in [-0.2, -0.15) is 0 Å². The second-order valence-corrected chi connectivity index (χ2v) is 9.42. The number of nitrogens with one attached hydrogen (secondary N) is 2. The molecule has 6 nitrogen and oxygen atoms in total. The Morgan fingerprint density at radius 3 is 2.59 bits per heavy atom. The van der Waals surface area contributed by atoms with Crippen LogP contribution in [0.15, 0.2) is 53.4 Å². The highest BCUT2D eigenvalue weighted by Gasteiger charge is 2.28. The highest BCUT2D eigenvalue weighted by molar-refractivity contribution is 7.89. The van der Waals surface area contributed by atoms with E-state index in [1.54, 1.807) is 24.3 Å². The SMILES string of the molecule is O=C(NCC1CCN(c2ccc(F)cc2)C1)c1cccc(S(=O)(=O)NC2CC2)c1. The van der Waals surface area contributed by atoms with Gasteiger partial charge in [0.2, 0.25) is 10.0 Å². The molecule has 29 heavy (non-hydrogen) atoms. The monoisotopic (exact) mass is 417 g/mol. The first-order valence-corrected chi connectivity index (χ1v) is 11.3. The van der Waals surface area contributed by atoms with Gasteiger partial charge >= 0.3 is 0 Å². The molecular weight excluding hydrogens is 393 g/mol. The van der Waals surface area contributed by atoms with Gasteiger partial charge in [0.25, 0.3) is 5.91 Å². The number of carbonyl (C=O) groups is 1. The lowest BCUT2D eigenvalue weighted by atomic mass is 10.1. The molecule has 1 saturated carbocycles. The fourth-order valence-electron chi connectivity index (χ4n) is 3.52. The van der Waals surface area contributed by atoms with Gasteiger partial charge in [-0.1, -0.05) is 6.07 Å². The van der Waals surface area contributed by atoms with Gasteiger partial charge in [-0.05, 0) is 67.6 Å². The molecular formula is C21H24FN3O3S. The summed E-state index contributed by atoms with van der Waals surface area (Å²) >= 11 is 0. The van der Waals surface area contributed by atoms with E-state index in [0.717, 1.165) is 38.0 Å². The highest BCUT2D eigenvalue weighted by Crippen LogP contribution is 2.24. The van der Waals surface area contributed by atoms with Crippen molar-refractivity contribution < 1.29 is 17.6 Å². The van der Waals surface area contributed by atoms with Crippen LogP contribution < -0.4 is 14.9 Å². The van der Waals surface area contributed by atoms with E-state index in [2.05, 4.69) is 14.9 Å². The van der Waals surface area contributed by atoms with Crippen molar-refractivity contribution in [3.8, 4) is 0 Å². The normalized spacial score (nSPS) is 19.3. The number of halogens is 1. The van der Waals surface area contributed by atoms with E-state index in [-0.39, 0.29) is 28.6 Å². The minimum absolute atomic E-state index is 0.0175. The summed E-state index contributed by atoms with van der Waals surface area (Å²) in [5.74, 6) is -0.255. The van der Waals surface area contributed by atoms with Gasteiger partial charge in [-0.15, -0.1) is 0 Å². The third kappa shape index (κ3) is 4.94. The van der Waals surface area contributed by atoms with Crippen molar-refractivity contribution in [1.29, 1.82) is 0 Å². The molecule has 0 radical (unpaired) electrons. The van der Waals surface area contributed by atoms with Gasteiger partial charge < -0.3 is 10.2 Å². The molecule has 0 bridgehead atoms. The van der Waals surface area contributed by atoms with Crippen molar-refractivity contribution in [2.75, 3.05) is 24.5 Å². The van der Waals surface area contributed by atoms with Crippen LogP contribution in [0.5, 0.6) is 0 Å². The predicted molar refractivity (Wildman–Crippen MR) is 109 cm³/mol. The molecule has 1 atom stereocenters. The maximum atomic E-state index is 13.1. The van der Waals surface area contributed by atoms with Crippen molar-refractivity contribution in [3.05, 3.63) is 59.9 Å². The number of hydrogen-bond donors (Lipinski definition) is 2. The summed E-state index contributed by atoms with van der Waals surface area (Å²) in [7, 11) is -3.59. The summed E-state index contributed by atoms with van der Waals surface area (Å²) in [5, 5.41) is 2.91. The van der Waals surface area contributed by atoms with Crippen LogP contribution in [-0.2, 0) is 10.0 Å². The Kier molecular flexibility index (Phi) is 5.56. The van der Waals surface area contributed by atoms with Gasteiger partial charge in [0.1, 0.15) is 5.82 Å². The third-order valence-electron chi connectivity index (χ3n) is 5.33. The van der Waals surface area contributed by atoms with Crippen molar-refractivity contribution in [3.63, 3.8) is 0 Å². The quantitative estimate of drug-likeness (QED) is 0.726. The number of carbonyl (C=O) groups excluding carboxylic acids is 1. The van der Waals surface area contributed by atoms with Crippen LogP contribution in [-0.4, -0.2) is 40.0 Å². The molecule has 0 aromatic heterocycles. The molecule has 1 aliphatic heterocycles. The second-order valence-electron chi connectivity index (χ2n) is 7.71. The highest BCUT2D eigenvalue weighted by atomic mass is 32.2. The predicted octanol–water partition coefficient (Wildman–Crippen LogP) is 2.52. The van der Waals surface area contributed by atoms with Gasteiger partial charge in [0.05, 0.1) is 4.90 Å². The van der Waals surface area contributed by atoms with Crippen molar-refractivity contribution in [2.24, 2.45) is 5.92 Å². The first kappa shape index (κ1) is 19.8. The summed E-state index contributed by atoms with van der Waals surface area (Å²) in [4.78, 5) is 14.8. The summed E-state index contributed by atoms with van der Waals surface area (Å²) in [6.07, 6.45) is 2.64. The molecule has 2 aromatic rings. The second kappa shape index (κ2) is 8.12. The molecule has 8 heteroatoms. The van der Waals surface area contributed by atoms with Crippen molar-refractivity contribution >= 4 is 21.6 Å². The largest absolute Gasteiger partial charge is 0.371 e. The van der Waals surface area contributed by atoms with Crippen LogP contribution in [0.3, 0.4) is 0 Å². The van der Waals surface area contributed by atoms with Crippen LogP contribution in [0.1, 0.15) is 29.6 Å². The molecule has 2 aliphatic rings. The standard InChI is InChI=1S/C21H24FN3O3S/c22-17-4-8-19(9-5-17)25-11-10-15(14-25)13-23-21(26)16-2-1-3-20(12-16)29(27,28)24-18-6-7-18/h1-5,8-9,12,15,18,24H,6-7,10-11,13-14H2,(H,23,26). The van der Waals surface area contributed by atoms with Crippen molar-refractivity contribution in [1.82, 2.24) is 10.0 Å². The molecule has 1 saturated heterocycles. The summed E-state index contributed by atoms with van der Waals surface area (Å²) in [6.45, 7) is 2.15. The van der Waals surface area contributed by atoms with E-state index >= 15 is 0 Å². The molecule has 1 amide bonds. The Hall–Kier alpha value is -2.45. The molecule has 0 spiro atoms. The van der Waals surface area contributed by atoms with E-state index in [1.807, 2.05) is 0 Å². The third-order valence-corrected chi connectivity index (χ3v) is 6.85. The molecule has 2 aromatic carbocycles. The first-order valence-electron chi connectivity index (χ1n) is 9.82. The average Bonchev–Trinajstić information content (AvgIpc) is 3.39. The number of amides is 1. The Bertz CT molecular complexity index is 990. The van der Waals surface area contributed by atoms with E-state index in [1.165, 1.54) is 24.3 Å². The topological polar surface area (TPSA) is 78.5 Å². The maximum Gasteiger partial charge on any atom is 0.251 e. The number of benzene rings is 2. The van der Waals surface area contributed by atoms with Crippen LogP contribution in [0, 0.1) is 11.7 Å². The maximum absolute atomic E-state index is 13.1. The Balaban J connectivity index is 1.33. The van der Waals surface area contributed by atoms with Crippen LogP contribution in [0.4, 0.5) is 10.1 Å². The zero-order chi connectivity index (χ0) is 20.4. The lowest BCUT2D eigenvalue weighted by molar-refractivity contribution is 0.0948. The van der Waals surface area contributed by atoms with E-state index in [4.69, 9.17) is 0 Å². The molecule has 2 fully saturated rings. The molecule has 154 valence electrons. The van der Waals surface area contributed by atoms with E-state index in [0.29, 0.717) is 12.1 Å². The van der Waals surface area contributed by atoms with E-state index in [9.17, 15) is 17.6 Å². The van der Waals surface area contributed by atoms with Gasteiger partial charge in [-0.3, -0.25) is 4.79 Å². The first-order chi connectivity index (χ1) is 13.9. The fourth-order valence-corrected chi connectivity index (χ4v) is 4.87. The van der Waals surface area contributed by atoms with Crippen LogP contribution in [0.25, 0.3) is 0 Å². The average molecular weight is 418 g/mol. The van der Waals surface area contributed by atoms with Gasteiger partial charge in [0.15, 0.2) is 0 Å². The lowest BCUT2D eigenvalue weighted by Gasteiger charge is -2.19. The molecule has 2 N–H and O–H groups in total. The summed E-state index contributed by atoms with van der Waals surface area (Å²) in [6, 6.07) is 12.6. The number of rotatable bonds is 7. The molecule has 1 unspecified atom stereocenters.